The second-order valence-corrected chi connectivity index (χ2v) is 6.84. The minimum Gasteiger partial charge on any atom is -0.479 e. The van der Waals surface area contributed by atoms with Gasteiger partial charge in [-0.1, -0.05) is 6.07 Å². The smallest absolute Gasteiger partial charge is 0.338 e. The van der Waals surface area contributed by atoms with Gasteiger partial charge in [0.1, 0.15) is 0 Å². The van der Waals surface area contributed by atoms with Crippen LogP contribution < -0.4 is 4.72 Å². The van der Waals surface area contributed by atoms with Gasteiger partial charge >= 0.3 is 11.9 Å². The van der Waals surface area contributed by atoms with Crippen LogP contribution in [-0.4, -0.2) is 49.3 Å². The molecule has 1 aromatic rings. The molecule has 0 saturated carbocycles. The van der Waals surface area contributed by atoms with Crippen LogP contribution in [0.15, 0.2) is 23.1 Å². The number of aryl methyl sites for hydroxylation is 1. The molecule has 0 saturated heterocycles. The van der Waals surface area contributed by atoms with Gasteiger partial charge in [0.2, 0.25) is 10.0 Å². The van der Waals surface area contributed by atoms with Gasteiger partial charge in [0, 0.05) is 0 Å². The Morgan fingerprint density at radius 3 is 2.48 bits per heavy atom. The Balaban J connectivity index is 3.11. The van der Waals surface area contributed by atoms with E-state index < -0.39 is 34.1 Å². The first-order valence-electron chi connectivity index (χ1n) is 6.74. The van der Waals surface area contributed by atoms with Gasteiger partial charge in [-0.15, -0.1) is 0 Å². The van der Waals surface area contributed by atoms with E-state index in [9.17, 15) is 23.1 Å². The lowest BCUT2D eigenvalue weighted by atomic mass is 10.1. The Morgan fingerprint density at radius 2 is 1.96 bits per heavy atom. The van der Waals surface area contributed by atoms with Gasteiger partial charge in [0.05, 0.1) is 23.6 Å². The van der Waals surface area contributed by atoms with Gasteiger partial charge in [-0.05, 0) is 38.5 Å². The van der Waals surface area contributed by atoms with Gasteiger partial charge in [0.25, 0.3) is 0 Å². The number of rotatable bonds is 7. The van der Waals surface area contributed by atoms with E-state index in [0.717, 1.165) is 13.0 Å². The zero-order valence-corrected chi connectivity index (χ0v) is 13.8. The molecular weight excluding hydrogens is 326 g/mol. The van der Waals surface area contributed by atoms with Crippen LogP contribution in [0.2, 0.25) is 0 Å². The van der Waals surface area contributed by atoms with Crippen molar-refractivity contribution in [2.75, 3.05) is 13.2 Å². The molecule has 1 aromatic carbocycles. The monoisotopic (exact) mass is 345 g/mol. The Kier molecular flexibility index (Phi) is 5.86. The fourth-order valence-corrected chi connectivity index (χ4v) is 3.02. The lowest BCUT2D eigenvalue weighted by Crippen LogP contribution is -2.46. The lowest BCUT2D eigenvalue weighted by Gasteiger charge is -2.19. The number of carboxylic acids is 1. The number of esters is 1. The molecule has 0 aliphatic rings. The highest BCUT2D eigenvalue weighted by Crippen LogP contribution is 2.18. The molecule has 0 aliphatic carbocycles. The highest BCUT2D eigenvalue weighted by atomic mass is 32.2. The number of carbonyl (C=O) groups is 2. The van der Waals surface area contributed by atoms with Gasteiger partial charge in [-0.3, -0.25) is 0 Å². The Labute approximate surface area is 134 Å². The molecule has 0 spiro atoms. The maximum atomic E-state index is 12.3. The Bertz CT molecular complexity index is 710. The third-order valence-corrected chi connectivity index (χ3v) is 4.60. The second kappa shape index (κ2) is 7.07. The minimum absolute atomic E-state index is 0.0582. The number of hydrogen-bond acceptors (Lipinski definition) is 6. The maximum Gasteiger partial charge on any atom is 0.338 e. The highest BCUT2D eigenvalue weighted by molar-refractivity contribution is 7.89. The van der Waals surface area contributed by atoms with E-state index in [1.54, 1.807) is 6.92 Å². The van der Waals surface area contributed by atoms with Gasteiger partial charge in [-0.2, -0.15) is 0 Å². The van der Waals surface area contributed by atoms with Crippen molar-refractivity contribution < 1.29 is 33.0 Å². The van der Waals surface area contributed by atoms with Crippen LogP contribution in [0.4, 0.5) is 0 Å². The molecule has 128 valence electrons. The average Bonchev–Trinajstić information content (AvgIpc) is 2.45. The van der Waals surface area contributed by atoms with Crippen LogP contribution in [-0.2, 0) is 19.6 Å². The van der Waals surface area contributed by atoms with Crippen LogP contribution >= 0.6 is 0 Å². The minimum atomic E-state index is -4.11. The summed E-state index contributed by atoms with van der Waals surface area (Å²) in [6.07, 6.45) is 0. The van der Waals surface area contributed by atoms with Crippen molar-refractivity contribution in [1.82, 2.24) is 4.72 Å². The van der Waals surface area contributed by atoms with E-state index >= 15 is 0 Å². The first kappa shape index (κ1) is 19.1. The second-order valence-electron chi connectivity index (χ2n) is 5.10. The first-order valence-corrected chi connectivity index (χ1v) is 8.23. The van der Waals surface area contributed by atoms with Crippen molar-refractivity contribution in [1.29, 1.82) is 0 Å². The third-order valence-electron chi connectivity index (χ3n) is 3.06. The molecule has 1 unspecified atom stereocenters. The van der Waals surface area contributed by atoms with Crippen LogP contribution in [0.1, 0.15) is 29.8 Å². The van der Waals surface area contributed by atoms with Crippen LogP contribution in [0, 0.1) is 6.92 Å². The number of nitrogens with one attached hydrogen (secondary N) is 1. The number of aliphatic carboxylic acids is 1. The topological polar surface area (TPSA) is 130 Å². The summed E-state index contributed by atoms with van der Waals surface area (Å²) in [5.74, 6) is -2.22. The molecule has 1 rings (SSSR count). The van der Waals surface area contributed by atoms with E-state index in [0.29, 0.717) is 5.56 Å². The summed E-state index contributed by atoms with van der Waals surface area (Å²) in [4.78, 5) is 22.3. The summed E-state index contributed by atoms with van der Waals surface area (Å²) in [7, 11) is -4.11. The molecule has 3 N–H and O–H groups in total. The van der Waals surface area contributed by atoms with Crippen molar-refractivity contribution >= 4 is 22.0 Å². The Hall–Kier alpha value is -1.97. The number of carboxylic acid groups (broad SMARTS) is 1. The standard InChI is InChI=1S/C14H19NO7S/c1-4-22-12(16)10-6-5-9(2)11(7-10)23(20,21)15-8-14(3,19)13(17)18/h5-7,15,19H,4,8H2,1-3H3,(H,17,18). The molecule has 0 fully saturated rings. The van der Waals surface area contributed by atoms with E-state index in [1.165, 1.54) is 19.1 Å². The number of benzene rings is 1. The number of ether oxygens (including phenoxy) is 1. The summed E-state index contributed by atoms with van der Waals surface area (Å²) in [6.45, 7) is 3.56. The maximum absolute atomic E-state index is 12.3. The summed E-state index contributed by atoms with van der Waals surface area (Å²) < 4.78 is 31.4. The van der Waals surface area contributed by atoms with E-state index in [2.05, 4.69) is 0 Å². The predicted octanol–water partition coefficient (Wildman–Crippen LogP) is 0.286. The van der Waals surface area contributed by atoms with Crippen molar-refractivity contribution in [2.45, 2.75) is 31.3 Å². The summed E-state index contributed by atoms with van der Waals surface area (Å²) in [5.41, 5.74) is -1.83. The normalized spacial score (nSPS) is 14.1. The lowest BCUT2D eigenvalue weighted by molar-refractivity contribution is -0.155. The number of hydrogen-bond donors (Lipinski definition) is 3. The van der Waals surface area contributed by atoms with E-state index in [1.807, 2.05) is 4.72 Å². The molecule has 0 radical (unpaired) electrons. The fourth-order valence-electron chi connectivity index (χ4n) is 1.62. The fraction of sp³-hybridized carbons (Fsp3) is 0.429. The summed E-state index contributed by atoms with van der Waals surface area (Å²) in [5, 5.41) is 18.4. The molecule has 1 atom stereocenters. The van der Waals surface area contributed by atoms with Crippen molar-refractivity contribution in [2.24, 2.45) is 0 Å². The molecule has 23 heavy (non-hydrogen) atoms. The van der Waals surface area contributed by atoms with Crippen molar-refractivity contribution in [3.05, 3.63) is 29.3 Å². The molecular formula is C14H19NO7S. The van der Waals surface area contributed by atoms with Crippen LogP contribution in [0.25, 0.3) is 0 Å². The number of carbonyl (C=O) groups excluding carboxylic acids is 1. The number of aliphatic hydroxyl groups is 1. The molecule has 8 nitrogen and oxygen atoms in total. The van der Waals surface area contributed by atoms with Crippen molar-refractivity contribution in [3.8, 4) is 0 Å². The van der Waals surface area contributed by atoms with E-state index in [4.69, 9.17) is 9.84 Å². The molecule has 0 aromatic heterocycles. The molecule has 0 amide bonds. The zero-order chi connectivity index (χ0) is 17.8. The third kappa shape index (κ3) is 4.75. The van der Waals surface area contributed by atoms with Crippen molar-refractivity contribution in [3.63, 3.8) is 0 Å². The number of sulfonamides is 1. The molecule has 0 bridgehead atoms. The Morgan fingerprint density at radius 1 is 1.35 bits per heavy atom. The van der Waals surface area contributed by atoms with Crippen LogP contribution in [0.5, 0.6) is 0 Å². The quantitative estimate of drug-likeness (QED) is 0.605. The van der Waals surface area contributed by atoms with E-state index in [-0.39, 0.29) is 17.1 Å². The van der Waals surface area contributed by atoms with Gasteiger partial charge in [-0.25, -0.2) is 22.7 Å². The zero-order valence-electron chi connectivity index (χ0n) is 13.0. The SMILES string of the molecule is CCOC(=O)c1ccc(C)c(S(=O)(=O)NCC(C)(O)C(=O)O)c1. The van der Waals surface area contributed by atoms with Gasteiger partial charge in [0.15, 0.2) is 5.60 Å². The van der Waals surface area contributed by atoms with Gasteiger partial charge < -0.3 is 14.9 Å². The molecule has 9 heteroatoms. The molecule has 0 aliphatic heterocycles. The highest BCUT2D eigenvalue weighted by Gasteiger charge is 2.32. The predicted molar refractivity (Wildman–Crippen MR) is 80.6 cm³/mol. The molecule has 0 heterocycles. The first-order chi connectivity index (χ1) is 10.5. The largest absolute Gasteiger partial charge is 0.479 e. The van der Waals surface area contributed by atoms with Crippen LogP contribution in [0.3, 0.4) is 0 Å². The summed E-state index contributed by atoms with van der Waals surface area (Å²) >= 11 is 0. The average molecular weight is 345 g/mol. The summed E-state index contributed by atoms with van der Waals surface area (Å²) in [6, 6.07) is 4.01.